The van der Waals surface area contributed by atoms with E-state index >= 15 is 0 Å². The number of carbonyl (C=O) groups is 1. The van der Waals surface area contributed by atoms with Gasteiger partial charge in [-0.05, 0) is 32.8 Å². The Balaban J connectivity index is 2.44. The maximum Gasteiger partial charge on any atom is 0.254 e. The van der Waals surface area contributed by atoms with Crippen molar-refractivity contribution >= 4 is 21.8 Å². The molecule has 0 spiro atoms. The fourth-order valence-electron chi connectivity index (χ4n) is 1.50. The lowest BCUT2D eigenvalue weighted by molar-refractivity contribution is 0.0951. The van der Waals surface area contributed by atoms with Gasteiger partial charge in [0.15, 0.2) is 0 Å². The van der Waals surface area contributed by atoms with Crippen LogP contribution in [0.25, 0.3) is 0 Å². The highest BCUT2D eigenvalue weighted by Gasteiger charge is 2.13. The second-order valence-corrected chi connectivity index (χ2v) is 5.17. The molecule has 1 N–H and O–H groups in total. The molecule has 0 aliphatic rings. The largest absolute Gasteiger partial charge is 0.466 e. The number of rotatable bonds is 5. The highest BCUT2D eigenvalue weighted by molar-refractivity contribution is 9.09. The molecule has 16 heavy (non-hydrogen) atoms. The van der Waals surface area contributed by atoms with Gasteiger partial charge in [-0.25, -0.2) is 0 Å². The molecule has 0 saturated heterocycles. The molecule has 1 aromatic heterocycles. The van der Waals surface area contributed by atoms with Crippen molar-refractivity contribution in [3.05, 3.63) is 23.2 Å². The maximum atomic E-state index is 11.8. The lowest BCUT2D eigenvalue weighted by atomic mass is 10.2. The zero-order chi connectivity index (χ0) is 12.1. The third-order valence-corrected chi connectivity index (χ3v) is 3.58. The van der Waals surface area contributed by atoms with Gasteiger partial charge in [-0.15, -0.1) is 0 Å². The van der Waals surface area contributed by atoms with E-state index in [1.807, 2.05) is 6.92 Å². The normalized spacial score (nSPS) is 12.5. The number of carbonyl (C=O) groups excluding carboxylic acids is 1. The summed E-state index contributed by atoms with van der Waals surface area (Å²) in [6.45, 7) is 6.45. The average molecular weight is 288 g/mol. The second kappa shape index (κ2) is 6.09. The van der Waals surface area contributed by atoms with Crippen LogP contribution in [0.4, 0.5) is 0 Å². The summed E-state index contributed by atoms with van der Waals surface area (Å²) in [6, 6.07) is 1.77. The van der Waals surface area contributed by atoms with Crippen molar-refractivity contribution in [3.63, 3.8) is 0 Å². The standard InChI is InChI=1S/C12H18BrNO2/c1-4-10(13)5-6-14-12(15)11-7-8(2)16-9(11)3/h7,10H,4-6H2,1-3H3,(H,14,15). The fourth-order valence-corrected chi connectivity index (χ4v) is 1.73. The summed E-state index contributed by atoms with van der Waals surface area (Å²) in [5.41, 5.74) is 0.639. The molecule has 90 valence electrons. The van der Waals surface area contributed by atoms with Crippen molar-refractivity contribution in [1.82, 2.24) is 5.32 Å². The number of furan rings is 1. The fraction of sp³-hybridized carbons (Fsp3) is 0.583. The highest BCUT2D eigenvalue weighted by Crippen LogP contribution is 2.13. The lowest BCUT2D eigenvalue weighted by Crippen LogP contribution is -2.26. The molecule has 0 radical (unpaired) electrons. The summed E-state index contributed by atoms with van der Waals surface area (Å²) in [5, 5.41) is 2.89. The molecule has 1 atom stereocenters. The number of halogens is 1. The van der Waals surface area contributed by atoms with E-state index in [4.69, 9.17) is 4.42 Å². The monoisotopic (exact) mass is 287 g/mol. The second-order valence-electron chi connectivity index (χ2n) is 3.88. The zero-order valence-electron chi connectivity index (χ0n) is 9.97. The summed E-state index contributed by atoms with van der Waals surface area (Å²) in [5.74, 6) is 1.40. The molecule has 0 aromatic carbocycles. The van der Waals surface area contributed by atoms with E-state index in [1.54, 1.807) is 13.0 Å². The van der Waals surface area contributed by atoms with Gasteiger partial charge in [0.1, 0.15) is 11.5 Å². The van der Waals surface area contributed by atoms with Gasteiger partial charge < -0.3 is 9.73 Å². The van der Waals surface area contributed by atoms with E-state index in [0.29, 0.717) is 22.7 Å². The molecule has 1 aromatic rings. The van der Waals surface area contributed by atoms with Crippen LogP contribution in [0.3, 0.4) is 0 Å². The van der Waals surface area contributed by atoms with Crippen LogP contribution in [-0.2, 0) is 0 Å². The van der Waals surface area contributed by atoms with Crippen LogP contribution < -0.4 is 5.32 Å². The predicted octanol–water partition coefficient (Wildman–Crippen LogP) is 3.19. The molecule has 1 rings (SSSR count). The first-order valence-electron chi connectivity index (χ1n) is 5.54. The quantitative estimate of drug-likeness (QED) is 0.845. The van der Waals surface area contributed by atoms with Crippen LogP contribution in [0.5, 0.6) is 0 Å². The van der Waals surface area contributed by atoms with E-state index in [2.05, 4.69) is 28.2 Å². The SMILES string of the molecule is CCC(Br)CCNC(=O)c1cc(C)oc1C. The molecule has 0 aliphatic carbocycles. The van der Waals surface area contributed by atoms with Gasteiger partial charge >= 0.3 is 0 Å². The Morgan fingerprint density at radius 3 is 2.75 bits per heavy atom. The van der Waals surface area contributed by atoms with Crippen LogP contribution in [0.2, 0.25) is 0 Å². The Morgan fingerprint density at radius 2 is 2.25 bits per heavy atom. The third kappa shape index (κ3) is 3.67. The van der Waals surface area contributed by atoms with Crippen LogP contribution in [0, 0.1) is 13.8 Å². The first-order chi connectivity index (χ1) is 7.54. The number of nitrogens with one attached hydrogen (secondary N) is 1. The van der Waals surface area contributed by atoms with Crippen LogP contribution >= 0.6 is 15.9 Å². The Labute approximate surface area is 105 Å². The van der Waals surface area contributed by atoms with E-state index in [0.717, 1.165) is 18.6 Å². The summed E-state index contributed by atoms with van der Waals surface area (Å²) in [7, 11) is 0. The molecule has 1 heterocycles. The number of amides is 1. The molecule has 0 saturated carbocycles. The molecular weight excluding hydrogens is 270 g/mol. The summed E-state index contributed by atoms with van der Waals surface area (Å²) in [4.78, 5) is 12.2. The third-order valence-electron chi connectivity index (χ3n) is 2.47. The Morgan fingerprint density at radius 1 is 1.56 bits per heavy atom. The van der Waals surface area contributed by atoms with E-state index in [-0.39, 0.29) is 5.91 Å². The van der Waals surface area contributed by atoms with Crippen LogP contribution in [0.1, 0.15) is 41.6 Å². The molecule has 0 aliphatic heterocycles. The van der Waals surface area contributed by atoms with Gasteiger partial charge in [-0.2, -0.15) is 0 Å². The van der Waals surface area contributed by atoms with Gasteiger partial charge in [0, 0.05) is 11.4 Å². The minimum absolute atomic E-state index is 0.0508. The first kappa shape index (κ1) is 13.3. The van der Waals surface area contributed by atoms with Crippen molar-refractivity contribution in [3.8, 4) is 0 Å². The number of aryl methyl sites for hydroxylation is 2. The number of hydrogen-bond acceptors (Lipinski definition) is 2. The predicted molar refractivity (Wildman–Crippen MR) is 68.1 cm³/mol. The minimum Gasteiger partial charge on any atom is -0.466 e. The van der Waals surface area contributed by atoms with Crippen molar-refractivity contribution in [2.24, 2.45) is 0 Å². The smallest absolute Gasteiger partial charge is 0.254 e. The van der Waals surface area contributed by atoms with Crippen LogP contribution in [0.15, 0.2) is 10.5 Å². The van der Waals surface area contributed by atoms with Crippen LogP contribution in [-0.4, -0.2) is 17.3 Å². The maximum absolute atomic E-state index is 11.8. The molecule has 0 fully saturated rings. The van der Waals surface area contributed by atoms with Crippen molar-refractivity contribution < 1.29 is 9.21 Å². The molecular formula is C12H18BrNO2. The number of alkyl halides is 1. The highest BCUT2D eigenvalue weighted by atomic mass is 79.9. The van der Waals surface area contributed by atoms with Gasteiger partial charge in [-0.1, -0.05) is 22.9 Å². The lowest BCUT2D eigenvalue weighted by Gasteiger charge is -2.07. The van der Waals surface area contributed by atoms with E-state index in [1.165, 1.54) is 0 Å². The molecule has 4 heteroatoms. The zero-order valence-corrected chi connectivity index (χ0v) is 11.6. The van der Waals surface area contributed by atoms with E-state index in [9.17, 15) is 4.79 Å². The first-order valence-corrected chi connectivity index (χ1v) is 6.45. The summed E-state index contributed by atoms with van der Waals surface area (Å²) < 4.78 is 5.31. The van der Waals surface area contributed by atoms with Gasteiger partial charge in [-0.3, -0.25) is 4.79 Å². The van der Waals surface area contributed by atoms with Gasteiger partial charge in [0.05, 0.1) is 5.56 Å². The summed E-state index contributed by atoms with van der Waals surface area (Å²) in [6.07, 6.45) is 2.01. The Bertz CT molecular complexity index is 360. The molecule has 1 unspecified atom stereocenters. The molecule has 1 amide bonds. The van der Waals surface area contributed by atoms with Gasteiger partial charge in [0.2, 0.25) is 0 Å². The van der Waals surface area contributed by atoms with Crippen molar-refractivity contribution in [1.29, 1.82) is 0 Å². The topological polar surface area (TPSA) is 42.2 Å². The van der Waals surface area contributed by atoms with Crippen molar-refractivity contribution in [2.75, 3.05) is 6.54 Å². The average Bonchev–Trinajstić information content (AvgIpc) is 2.57. The Hall–Kier alpha value is -0.770. The molecule has 3 nitrogen and oxygen atoms in total. The minimum atomic E-state index is -0.0508. The number of hydrogen-bond donors (Lipinski definition) is 1. The molecule has 0 bridgehead atoms. The van der Waals surface area contributed by atoms with E-state index < -0.39 is 0 Å². The Kier molecular flexibility index (Phi) is 5.06. The van der Waals surface area contributed by atoms with Gasteiger partial charge in [0.25, 0.3) is 5.91 Å². The van der Waals surface area contributed by atoms with Crippen molar-refractivity contribution in [2.45, 2.75) is 38.4 Å². The summed E-state index contributed by atoms with van der Waals surface area (Å²) >= 11 is 3.53.